The summed E-state index contributed by atoms with van der Waals surface area (Å²) in [6.07, 6.45) is 5.51. The van der Waals surface area contributed by atoms with Crippen LogP contribution < -0.4 is 10.2 Å². The zero-order valence-corrected chi connectivity index (χ0v) is 27.4. The van der Waals surface area contributed by atoms with E-state index in [2.05, 4.69) is 30.6 Å². The quantitative estimate of drug-likeness (QED) is 0.0981. The average Bonchev–Trinajstić information content (AvgIpc) is 3.19. The summed E-state index contributed by atoms with van der Waals surface area (Å²) in [5.74, 6) is -1.88. The van der Waals surface area contributed by atoms with E-state index in [1.807, 2.05) is 57.3 Å². The largest absolute Gasteiger partial charge is 0.481 e. The van der Waals surface area contributed by atoms with Gasteiger partial charge in [-0.15, -0.1) is 0 Å². The number of hydrogen-bond donors (Lipinski definition) is 3. The van der Waals surface area contributed by atoms with Gasteiger partial charge in [-0.3, -0.25) is 29.8 Å². The van der Waals surface area contributed by atoms with E-state index in [4.69, 9.17) is 0 Å². The number of carboxylic acid groups (broad SMARTS) is 2. The number of carbonyl (C=O) groups is 2. The zero-order valence-electron chi connectivity index (χ0n) is 27.4. The summed E-state index contributed by atoms with van der Waals surface area (Å²) in [5.41, 5.74) is 4.77. The lowest BCUT2D eigenvalue weighted by Gasteiger charge is -2.30. The van der Waals surface area contributed by atoms with Gasteiger partial charge in [-0.05, 0) is 51.6 Å². The third-order valence-corrected chi connectivity index (χ3v) is 8.79. The van der Waals surface area contributed by atoms with Crippen LogP contribution in [0.4, 0.5) is 22.7 Å². The van der Waals surface area contributed by atoms with Crippen molar-refractivity contribution in [2.45, 2.75) is 57.9 Å². The maximum atomic E-state index is 11.5. The van der Waals surface area contributed by atoms with Crippen LogP contribution in [0.5, 0.6) is 0 Å². The summed E-state index contributed by atoms with van der Waals surface area (Å²) in [7, 11) is 1.96. The van der Waals surface area contributed by atoms with E-state index in [1.165, 1.54) is 12.1 Å². The maximum Gasteiger partial charge on any atom is 0.307 e. The van der Waals surface area contributed by atoms with Crippen LogP contribution in [0, 0.1) is 20.2 Å². The molecule has 0 saturated carbocycles. The number of nitro groups is 2. The Morgan fingerprint density at radius 3 is 2.04 bits per heavy atom. The second-order valence-electron chi connectivity index (χ2n) is 12.8. The minimum atomic E-state index is -0.993. The molecule has 0 atom stereocenters. The number of likely N-dealkylation sites (N-methyl/N-ethyl adjacent to an activating group) is 1. The molecule has 4 rings (SSSR count). The number of nitrogens with one attached hydrogen (secondary N) is 1. The second-order valence-corrected chi connectivity index (χ2v) is 12.8. The van der Waals surface area contributed by atoms with Gasteiger partial charge in [-0.25, -0.2) is 0 Å². The van der Waals surface area contributed by atoms with E-state index in [0.29, 0.717) is 22.4 Å². The van der Waals surface area contributed by atoms with Gasteiger partial charge in [0.2, 0.25) is 0 Å². The van der Waals surface area contributed by atoms with Crippen molar-refractivity contribution in [2.75, 3.05) is 17.3 Å². The first-order valence-electron chi connectivity index (χ1n) is 15.1. The predicted molar refractivity (Wildman–Crippen MR) is 183 cm³/mol. The predicted octanol–water partition coefficient (Wildman–Crippen LogP) is 7.07. The van der Waals surface area contributed by atoms with Gasteiger partial charge in [-0.1, -0.05) is 70.7 Å². The molecular formula is C36H38N4O8. The van der Waals surface area contributed by atoms with Gasteiger partial charge in [0.1, 0.15) is 0 Å². The number of nitrogens with zero attached hydrogens (tertiary/aromatic N) is 3. The van der Waals surface area contributed by atoms with E-state index in [1.54, 1.807) is 18.2 Å². The van der Waals surface area contributed by atoms with Crippen molar-refractivity contribution in [2.24, 2.45) is 0 Å². The summed E-state index contributed by atoms with van der Waals surface area (Å²) < 4.78 is 0. The molecule has 1 aliphatic heterocycles. The Kier molecular flexibility index (Phi) is 9.88. The molecule has 0 unspecified atom stereocenters. The van der Waals surface area contributed by atoms with E-state index in [9.17, 15) is 40.0 Å². The summed E-state index contributed by atoms with van der Waals surface area (Å²) >= 11 is 0. The van der Waals surface area contributed by atoms with Crippen molar-refractivity contribution in [1.82, 2.24) is 0 Å². The molecule has 3 N–H and O–H groups in total. The van der Waals surface area contributed by atoms with Gasteiger partial charge in [0.15, 0.2) is 0 Å². The highest BCUT2D eigenvalue weighted by Gasteiger charge is 2.38. The number of hydrogen-bond acceptors (Lipinski definition) is 8. The molecule has 3 aromatic carbocycles. The monoisotopic (exact) mass is 654 g/mol. The topological polar surface area (TPSA) is 176 Å². The Morgan fingerprint density at radius 2 is 1.48 bits per heavy atom. The summed E-state index contributed by atoms with van der Waals surface area (Å²) in [6, 6.07) is 14.3. The molecule has 0 radical (unpaired) electrons. The van der Waals surface area contributed by atoms with Gasteiger partial charge in [0.05, 0.1) is 28.8 Å². The van der Waals surface area contributed by atoms with Crippen LogP contribution in [0.15, 0.2) is 90.7 Å². The lowest BCUT2D eigenvalue weighted by Crippen LogP contribution is -2.23. The fraction of sp³-hybridized carbons (Fsp3) is 0.278. The average molecular weight is 655 g/mol. The highest BCUT2D eigenvalue weighted by molar-refractivity contribution is 5.75. The Bertz CT molecular complexity index is 1860. The van der Waals surface area contributed by atoms with Crippen molar-refractivity contribution in [3.63, 3.8) is 0 Å². The Morgan fingerprint density at radius 1 is 0.917 bits per heavy atom. The first-order valence-corrected chi connectivity index (χ1v) is 15.1. The fourth-order valence-electron chi connectivity index (χ4n) is 6.02. The molecule has 0 saturated heterocycles. The normalized spacial score (nSPS) is 14.6. The molecule has 0 aliphatic carbocycles. The Hall–Kier alpha value is -5.78. The molecule has 0 bridgehead atoms. The molecule has 1 aliphatic rings. The van der Waals surface area contributed by atoms with Crippen LogP contribution in [0.1, 0.15) is 55.5 Å². The van der Waals surface area contributed by atoms with Crippen LogP contribution in [0.3, 0.4) is 0 Å². The van der Waals surface area contributed by atoms with Gasteiger partial charge in [0.25, 0.3) is 11.4 Å². The van der Waals surface area contributed by atoms with Crippen molar-refractivity contribution >= 4 is 34.7 Å². The molecule has 0 spiro atoms. The third kappa shape index (κ3) is 7.43. The molecular weight excluding hydrogens is 616 g/mol. The van der Waals surface area contributed by atoms with Crippen molar-refractivity contribution in [1.29, 1.82) is 0 Å². The smallest absolute Gasteiger partial charge is 0.307 e. The lowest BCUT2D eigenvalue weighted by atomic mass is 9.76. The zero-order chi connectivity index (χ0) is 35.6. The van der Waals surface area contributed by atoms with Gasteiger partial charge in [0, 0.05) is 53.6 Å². The molecule has 0 amide bonds. The van der Waals surface area contributed by atoms with E-state index in [0.717, 1.165) is 34.1 Å². The molecule has 48 heavy (non-hydrogen) atoms. The van der Waals surface area contributed by atoms with E-state index in [-0.39, 0.29) is 19.4 Å². The molecule has 0 aromatic heterocycles. The number of rotatable bonds is 13. The Balaban J connectivity index is 1.64. The molecule has 12 heteroatoms. The lowest BCUT2D eigenvalue weighted by molar-refractivity contribution is -0.394. The number of benzene rings is 3. The summed E-state index contributed by atoms with van der Waals surface area (Å²) in [4.78, 5) is 46.3. The van der Waals surface area contributed by atoms with Gasteiger partial charge >= 0.3 is 11.9 Å². The minimum Gasteiger partial charge on any atom is -0.481 e. The summed E-state index contributed by atoms with van der Waals surface area (Å²) in [6.45, 7) is 12.4. The summed E-state index contributed by atoms with van der Waals surface area (Å²) in [5, 5.41) is 44.7. The van der Waals surface area contributed by atoms with Crippen LogP contribution >= 0.6 is 0 Å². The first-order chi connectivity index (χ1) is 22.4. The van der Waals surface area contributed by atoms with Crippen LogP contribution in [-0.2, 0) is 39.8 Å². The number of carboxylic acids is 2. The Labute approximate surface area is 278 Å². The number of non-ortho nitro benzene ring substituents is 2. The number of allylic oxidation sites excluding steroid dienone is 5. The molecule has 250 valence electrons. The fourth-order valence-corrected chi connectivity index (χ4v) is 6.02. The molecule has 1 heterocycles. The van der Waals surface area contributed by atoms with Crippen molar-refractivity contribution < 1.29 is 29.6 Å². The van der Waals surface area contributed by atoms with Crippen LogP contribution in [0.2, 0.25) is 0 Å². The van der Waals surface area contributed by atoms with Gasteiger partial charge in [-0.2, -0.15) is 0 Å². The first kappa shape index (κ1) is 35.1. The van der Waals surface area contributed by atoms with E-state index >= 15 is 0 Å². The molecule has 0 fully saturated rings. The van der Waals surface area contributed by atoms with Gasteiger partial charge < -0.3 is 20.4 Å². The number of anilines is 2. The minimum absolute atomic E-state index is 0.0362. The van der Waals surface area contributed by atoms with Crippen LogP contribution in [-0.4, -0.2) is 39.0 Å². The molecule has 3 aromatic rings. The third-order valence-electron chi connectivity index (χ3n) is 8.79. The number of nitro benzene ring substituents is 2. The SMILES string of the molecule is C=C(/C=C/C=C1/N(C)c2ccc(CC(=O)O)cc2C1(C)C)C(C)(C)c1cc(CC(=O)O)ccc1NCc1cc([N+](=O)[O-])cc([N+](=O)[O-])c1. The molecule has 12 nitrogen and oxygen atoms in total. The standard InChI is InChI=1S/C36H38N4O8/c1-22(8-7-9-32-36(4,5)29-17-24(19-34(43)44)11-13-31(29)38(32)6)35(2,3)28-16-23(18-33(41)42)10-12-30(28)37-21-25-14-26(39(45)46)20-27(15-25)40(47)48/h7-17,20,37H,1,18-19,21H2,2-6H3,(H,41,42)(H,43,44)/b8-7+,32-9+. The van der Waals surface area contributed by atoms with Crippen molar-refractivity contribution in [3.05, 3.63) is 139 Å². The maximum absolute atomic E-state index is 11.5. The van der Waals surface area contributed by atoms with E-state index < -0.39 is 44.0 Å². The highest BCUT2D eigenvalue weighted by Crippen LogP contribution is 2.47. The number of fused-ring (bicyclic) bond motifs is 1. The van der Waals surface area contributed by atoms with Crippen LogP contribution in [0.25, 0.3) is 0 Å². The number of aliphatic carboxylic acids is 2. The van der Waals surface area contributed by atoms with Crippen molar-refractivity contribution in [3.8, 4) is 0 Å². The second kappa shape index (κ2) is 13.5. The highest BCUT2D eigenvalue weighted by atomic mass is 16.6.